The number of aliphatic hydroxyl groups is 1. The smallest absolute Gasteiger partial charge is 0.112 e. The largest absolute Gasteiger partial charge is 0.391 e. The standard InChI is InChI=1S/C14H21NO2/c15-9-14(8-11-6-7-12(14)17-11)13(16)10-4-2-1-3-5-10/h10-13,16H,1-8H2. The van der Waals surface area contributed by atoms with Gasteiger partial charge < -0.3 is 9.84 Å². The summed E-state index contributed by atoms with van der Waals surface area (Å²) in [6.45, 7) is 0. The maximum Gasteiger partial charge on any atom is 0.112 e. The first-order valence-corrected chi connectivity index (χ1v) is 7.01. The van der Waals surface area contributed by atoms with Gasteiger partial charge in [0.05, 0.1) is 24.4 Å². The number of nitriles is 1. The summed E-state index contributed by atoms with van der Waals surface area (Å²) in [6, 6.07) is 2.43. The Bertz CT molecular complexity index is 332. The fourth-order valence-corrected chi connectivity index (χ4v) is 4.11. The average Bonchev–Trinajstić information content (AvgIpc) is 2.99. The molecule has 3 rings (SSSR count). The summed E-state index contributed by atoms with van der Waals surface area (Å²) in [7, 11) is 0. The highest BCUT2D eigenvalue weighted by atomic mass is 16.5. The Hall–Kier alpha value is -0.590. The van der Waals surface area contributed by atoms with Crippen LogP contribution in [0.3, 0.4) is 0 Å². The van der Waals surface area contributed by atoms with Crippen LogP contribution in [0.4, 0.5) is 0 Å². The van der Waals surface area contributed by atoms with Gasteiger partial charge >= 0.3 is 0 Å². The lowest BCUT2D eigenvalue weighted by Gasteiger charge is -2.38. The number of ether oxygens (including phenoxy) is 1. The van der Waals surface area contributed by atoms with Crippen LogP contribution in [0.25, 0.3) is 0 Å². The van der Waals surface area contributed by atoms with E-state index in [9.17, 15) is 10.4 Å². The van der Waals surface area contributed by atoms with Gasteiger partial charge in [0, 0.05) is 0 Å². The minimum Gasteiger partial charge on any atom is -0.391 e. The molecular formula is C14H21NO2. The number of nitrogens with zero attached hydrogens (tertiary/aromatic N) is 1. The molecule has 0 aromatic rings. The predicted molar refractivity (Wildman–Crippen MR) is 63.1 cm³/mol. The minimum atomic E-state index is -0.592. The van der Waals surface area contributed by atoms with E-state index in [-0.39, 0.29) is 12.2 Å². The van der Waals surface area contributed by atoms with Gasteiger partial charge in [0.2, 0.25) is 0 Å². The van der Waals surface area contributed by atoms with Crippen LogP contribution in [0, 0.1) is 22.7 Å². The van der Waals surface area contributed by atoms with Gasteiger partial charge in [0.1, 0.15) is 5.41 Å². The molecule has 0 spiro atoms. The zero-order chi connectivity index (χ0) is 11.9. The highest BCUT2D eigenvalue weighted by Gasteiger charge is 2.58. The third kappa shape index (κ3) is 1.70. The third-order valence-electron chi connectivity index (χ3n) is 5.08. The van der Waals surface area contributed by atoms with Crippen molar-refractivity contribution in [2.45, 2.75) is 69.7 Å². The molecule has 1 aliphatic carbocycles. The Kier molecular flexibility index (Phi) is 2.88. The van der Waals surface area contributed by atoms with Gasteiger partial charge in [-0.05, 0) is 38.0 Å². The topological polar surface area (TPSA) is 53.2 Å². The van der Waals surface area contributed by atoms with Gasteiger partial charge in [-0.1, -0.05) is 19.3 Å². The van der Waals surface area contributed by atoms with Gasteiger partial charge in [0.15, 0.2) is 0 Å². The Morgan fingerprint density at radius 2 is 1.94 bits per heavy atom. The van der Waals surface area contributed by atoms with E-state index in [1.807, 2.05) is 0 Å². The molecule has 4 atom stereocenters. The molecule has 0 aromatic heterocycles. The van der Waals surface area contributed by atoms with Gasteiger partial charge in [0.25, 0.3) is 0 Å². The maximum absolute atomic E-state index is 10.6. The van der Waals surface area contributed by atoms with Crippen LogP contribution in [-0.2, 0) is 4.74 Å². The summed E-state index contributed by atoms with van der Waals surface area (Å²) < 4.78 is 5.81. The molecule has 2 bridgehead atoms. The van der Waals surface area contributed by atoms with Crippen LogP contribution < -0.4 is 0 Å². The molecule has 3 fully saturated rings. The van der Waals surface area contributed by atoms with Crippen molar-refractivity contribution in [3.63, 3.8) is 0 Å². The summed E-state index contributed by atoms with van der Waals surface area (Å²) in [4.78, 5) is 0. The van der Waals surface area contributed by atoms with E-state index < -0.39 is 11.5 Å². The fraction of sp³-hybridized carbons (Fsp3) is 0.929. The van der Waals surface area contributed by atoms with Crippen LogP contribution >= 0.6 is 0 Å². The Morgan fingerprint density at radius 1 is 1.18 bits per heavy atom. The first kappa shape index (κ1) is 11.5. The van der Waals surface area contributed by atoms with Gasteiger partial charge in [-0.15, -0.1) is 0 Å². The molecule has 1 saturated carbocycles. The fourth-order valence-electron chi connectivity index (χ4n) is 4.11. The van der Waals surface area contributed by atoms with Crippen LogP contribution in [0.1, 0.15) is 51.4 Å². The van der Waals surface area contributed by atoms with Crippen molar-refractivity contribution in [2.75, 3.05) is 0 Å². The van der Waals surface area contributed by atoms with Crippen molar-refractivity contribution in [3.8, 4) is 6.07 Å². The predicted octanol–water partition coefficient (Wildman–Crippen LogP) is 2.39. The van der Waals surface area contributed by atoms with Crippen molar-refractivity contribution in [1.29, 1.82) is 5.26 Å². The highest BCUT2D eigenvalue weighted by Crippen LogP contribution is 2.52. The van der Waals surface area contributed by atoms with Crippen LogP contribution in [-0.4, -0.2) is 23.4 Å². The Balaban J connectivity index is 1.78. The van der Waals surface area contributed by atoms with Crippen LogP contribution in [0.5, 0.6) is 0 Å². The van der Waals surface area contributed by atoms with E-state index in [0.29, 0.717) is 5.92 Å². The molecule has 3 nitrogen and oxygen atoms in total. The summed E-state index contributed by atoms with van der Waals surface area (Å²) in [5.41, 5.74) is -0.592. The highest BCUT2D eigenvalue weighted by molar-refractivity contribution is 5.16. The molecule has 0 amide bonds. The van der Waals surface area contributed by atoms with E-state index in [2.05, 4.69) is 6.07 Å². The molecular weight excluding hydrogens is 214 g/mol. The van der Waals surface area contributed by atoms with Gasteiger partial charge in [-0.25, -0.2) is 0 Å². The lowest BCUT2D eigenvalue weighted by atomic mass is 9.65. The molecule has 3 heteroatoms. The monoisotopic (exact) mass is 235 g/mol. The zero-order valence-corrected chi connectivity index (χ0v) is 10.3. The Labute approximate surface area is 103 Å². The molecule has 2 aliphatic heterocycles. The average molecular weight is 235 g/mol. The van der Waals surface area contributed by atoms with Crippen molar-refractivity contribution in [3.05, 3.63) is 0 Å². The second-order valence-electron chi connectivity index (χ2n) is 6.02. The van der Waals surface area contributed by atoms with Gasteiger partial charge in [-0.2, -0.15) is 5.26 Å². The molecule has 0 aromatic carbocycles. The van der Waals surface area contributed by atoms with Crippen molar-refractivity contribution in [1.82, 2.24) is 0 Å². The van der Waals surface area contributed by atoms with E-state index >= 15 is 0 Å². The molecule has 4 unspecified atom stereocenters. The maximum atomic E-state index is 10.6. The second-order valence-corrected chi connectivity index (χ2v) is 6.02. The van der Waals surface area contributed by atoms with Crippen molar-refractivity contribution >= 4 is 0 Å². The molecule has 94 valence electrons. The lowest BCUT2D eigenvalue weighted by molar-refractivity contribution is -0.0368. The SMILES string of the molecule is N#CC1(C(O)C2CCCCC2)CC2CCC1O2. The summed E-state index contributed by atoms with van der Waals surface area (Å²) in [5, 5.41) is 20.2. The molecule has 1 N–H and O–H groups in total. The first-order valence-electron chi connectivity index (χ1n) is 7.01. The molecule has 0 radical (unpaired) electrons. The molecule has 2 saturated heterocycles. The number of fused-ring (bicyclic) bond motifs is 2. The zero-order valence-electron chi connectivity index (χ0n) is 10.3. The molecule has 3 aliphatic rings. The summed E-state index contributed by atoms with van der Waals surface area (Å²) >= 11 is 0. The van der Waals surface area contributed by atoms with E-state index in [4.69, 9.17) is 4.74 Å². The summed E-state index contributed by atoms with van der Waals surface area (Å²) in [5.74, 6) is 0.325. The number of aliphatic hydroxyl groups excluding tert-OH is 1. The van der Waals surface area contributed by atoms with E-state index in [1.165, 1.54) is 19.3 Å². The second kappa shape index (κ2) is 4.26. The number of hydrogen-bond donors (Lipinski definition) is 1. The minimum absolute atomic E-state index is 0.00516. The quantitative estimate of drug-likeness (QED) is 0.799. The van der Waals surface area contributed by atoms with E-state index in [1.54, 1.807) is 0 Å². The Morgan fingerprint density at radius 3 is 2.47 bits per heavy atom. The summed E-state index contributed by atoms with van der Waals surface area (Å²) in [6.07, 6.45) is 8.42. The molecule has 2 heterocycles. The van der Waals surface area contributed by atoms with Gasteiger partial charge in [-0.3, -0.25) is 0 Å². The number of rotatable bonds is 2. The van der Waals surface area contributed by atoms with Crippen molar-refractivity contribution < 1.29 is 9.84 Å². The third-order valence-corrected chi connectivity index (χ3v) is 5.08. The van der Waals surface area contributed by atoms with Crippen LogP contribution in [0.2, 0.25) is 0 Å². The molecule has 17 heavy (non-hydrogen) atoms. The lowest BCUT2D eigenvalue weighted by Crippen LogP contribution is -2.46. The van der Waals surface area contributed by atoms with Crippen molar-refractivity contribution in [2.24, 2.45) is 11.3 Å². The normalized spacial score (nSPS) is 43.5. The van der Waals surface area contributed by atoms with Crippen LogP contribution in [0.15, 0.2) is 0 Å². The number of hydrogen-bond acceptors (Lipinski definition) is 3. The first-order chi connectivity index (χ1) is 8.26. The van der Waals surface area contributed by atoms with E-state index in [0.717, 1.165) is 32.1 Å².